The summed E-state index contributed by atoms with van der Waals surface area (Å²) in [5.74, 6) is 0.355. The summed E-state index contributed by atoms with van der Waals surface area (Å²) in [5.41, 5.74) is 1.74. The zero-order valence-corrected chi connectivity index (χ0v) is 13.9. The molecule has 0 aliphatic carbocycles. The van der Waals surface area contributed by atoms with Crippen LogP contribution in [0.1, 0.15) is 16.1 Å². The number of piperazine rings is 1. The van der Waals surface area contributed by atoms with Gasteiger partial charge in [-0.05, 0) is 12.0 Å². The standard InChI is InChI=1S/C18H22N4O2/c1-24-17-13-16(19-14-20-17)18(23)22-11-9-21(10-12-22)8-7-15-5-3-2-4-6-15/h2-6,13-14H,7-12H2,1H3. The number of amides is 1. The smallest absolute Gasteiger partial charge is 0.272 e. The van der Waals surface area contributed by atoms with E-state index in [1.165, 1.54) is 19.0 Å². The van der Waals surface area contributed by atoms with E-state index in [4.69, 9.17) is 4.74 Å². The Hall–Kier alpha value is -2.47. The molecule has 0 radical (unpaired) electrons. The van der Waals surface area contributed by atoms with Crippen LogP contribution in [-0.4, -0.2) is 65.5 Å². The first-order chi connectivity index (χ1) is 11.8. The molecular weight excluding hydrogens is 304 g/mol. The molecule has 0 atom stereocenters. The van der Waals surface area contributed by atoms with Crippen LogP contribution in [0.4, 0.5) is 0 Å². The van der Waals surface area contributed by atoms with Crippen molar-refractivity contribution in [2.24, 2.45) is 0 Å². The molecule has 3 rings (SSSR count). The monoisotopic (exact) mass is 326 g/mol. The molecular formula is C18H22N4O2. The number of ether oxygens (including phenoxy) is 1. The predicted molar refractivity (Wildman–Crippen MR) is 91.1 cm³/mol. The Morgan fingerprint density at radius 3 is 2.58 bits per heavy atom. The van der Waals surface area contributed by atoms with E-state index in [1.54, 1.807) is 6.07 Å². The summed E-state index contributed by atoms with van der Waals surface area (Å²) in [6.45, 7) is 4.24. The van der Waals surface area contributed by atoms with Crippen molar-refractivity contribution in [3.63, 3.8) is 0 Å². The highest BCUT2D eigenvalue weighted by Gasteiger charge is 2.23. The number of carbonyl (C=O) groups is 1. The molecule has 126 valence electrons. The maximum atomic E-state index is 12.5. The molecule has 2 aromatic rings. The summed E-state index contributed by atoms with van der Waals surface area (Å²) >= 11 is 0. The number of hydrogen-bond donors (Lipinski definition) is 0. The lowest BCUT2D eigenvalue weighted by Gasteiger charge is -2.34. The van der Waals surface area contributed by atoms with Crippen molar-refractivity contribution in [3.05, 3.63) is 54.0 Å². The minimum atomic E-state index is -0.0570. The largest absolute Gasteiger partial charge is 0.481 e. The molecule has 1 aromatic carbocycles. The topological polar surface area (TPSA) is 58.6 Å². The average molecular weight is 326 g/mol. The van der Waals surface area contributed by atoms with Crippen LogP contribution in [0.15, 0.2) is 42.7 Å². The summed E-state index contributed by atoms with van der Waals surface area (Å²) in [4.78, 5) is 24.8. The van der Waals surface area contributed by atoms with Gasteiger partial charge in [0, 0.05) is 38.8 Å². The maximum Gasteiger partial charge on any atom is 0.272 e. The van der Waals surface area contributed by atoms with Crippen molar-refractivity contribution in [1.29, 1.82) is 0 Å². The third-order valence-corrected chi connectivity index (χ3v) is 4.29. The molecule has 1 aliphatic rings. The molecule has 0 bridgehead atoms. The van der Waals surface area contributed by atoms with E-state index >= 15 is 0 Å². The van der Waals surface area contributed by atoms with E-state index in [1.807, 2.05) is 11.0 Å². The summed E-state index contributed by atoms with van der Waals surface area (Å²) in [6, 6.07) is 12.1. The van der Waals surface area contributed by atoms with E-state index < -0.39 is 0 Å². The van der Waals surface area contributed by atoms with Gasteiger partial charge in [0.15, 0.2) is 0 Å². The van der Waals surface area contributed by atoms with Gasteiger partial charge in [-0.25, -0.2) is 9.97 Å². The first-order valence-corrected chi connectivity index (χ1v) is 8.18. The summed E-state index contributed by atoms with van der Waals surface area (Å²) in [6.07, 6.45) is 2.40. The minimum Gasteiger partial charge on any atom is -0.481 e. The predicted octanol–water partition coefficient (Wildman–Crippen LogP) is 1.49. The van der Waals surface area contributed by atoms with Gasteiger partial charge in [0.05, 0.1) is 7.11 Å². The number of methoxy groups -OCH3 is 1. The van der Waals surface area contributed by atoms with Crippen LogP contribution in [0.3, 0.4) is 0 Å². The second kappa shape index (κ2) is 7.88. The second-order valence-corrected chi connectivity index (χ2v) is 5.82. The van der Waals surface area contributed by atoms with Gasteiger partial charge in [0.2, 0.25) is 5.88 Å². The van der Waals surface area contributed by atoms with Crippen LogP contribution in [0.2, 0.25) is 0 Å². The molecule has 6 heteroatoms. The molecule has 0 unspecified atom stereocenters. The highest BCUT2D eigenvalue weighted by atomic mass is 16.5. The fourth-order valence-electron chi connectivity index (χ4n) is 2.84. The van der Waals surface area contributed by atoms with E-state index in [9.17, 15) is 4.79 Å². The quantitative estimate of drug-likeness (QED) is 0.833. The van der Waals surface area contributed by atoms with Crippen molar-refractivity contribution >= 4 is 5.91 Å². The van der Waals surface area contributed by atoms with Crippen molar-refractivity contribution in [1.82, 2.24) is 19.8 Å². The number of hydrogen-bond acceptors (Lipinski definition) is 5. The van der Waals surface area contributed by atoms with Crippen LogP contribution in [-0.2, 0) is 6.42 Å². The molecule has 0 spiro atoms. The fourth-order valence-corrected chi connectivity index (χ4v) is 2.84. The normalized spacial score (nSPS) is 15.3. The molecule has 0 saturated carbocycles. The first-order valence-electron chi connectivity index (χ1n) is 8.18. The fraction of sp³-hybridized carbons (Fsp3) is 0.389. The number of benzene rings is 1. The highest BCUT2D eigenvalue weighted by molar-refractivity contribution is 5.92. The van der Waals surface area contributed by atoms with Crippen molar-refractivity contribution in [3.8, 4) is 5.88 Å². The van der Waals surface area contributed by atoms with Crippen molar-refractivity contribution in [2.75, 3.05) is 39.8 Å². The number of aromatic nitrogens is 2. The van der Waals surface area contributed by atoms with E-state index in [-0.39, 0.29) is 5.91 Å². The lowest BCUT2D eigenvalue weighted by atomic mass is 10.1. The van der Waals surface area contributed by atoms with Crippen LogP contribution in [0.25, 0.3) is 0 Å². The van der Waals surface area contributed by atoms with Gasteiger partial charge >= 0.3 is 0 Å². The van der Waals surface area contributed by atoms with E-state index in [0.717, 1.165) is 39.1 Å². The van der Waals surface area contributed by atoms with Crippen molar-refractivity contribution in [2.45, 2.75) is 6.42 Å². The SMILES string of the molecule is COc1cc(C(=O)N2CCN(CCc3ccccc3)CC2)ncn1. The Labute approximate surface area is 142 Å². The zero-order chi connectivity index (χ0) is 16.8. The molecule has 1 amide bonds. The van der Waals surface area contributed by atoms with Gasteiger partial charge in [-0.1, -0.05) is 30.3 Å². The maximum absolute atomic E-state index is 12.5. The molecule has 6 nitrogen and oxygen atoms in total. The number of rotatable bonds is 5. The Bertz CT molecular complexity index is 670. The first kappa shape index (κ1) is 16.4. The van der Waals surface area contributed by atoms with Gasteiger partial charge in [0.1, 0.15) is 12.0 Å². The number of carbonyl (C=O) groups excluding carboxylic acids is 1. The molecule has 1 aliphatic heterocycles. The zero-order valence-electron chi connectivity index (χ0n) is 13.9. The molecule has 0 N–H and O–H groups in total. The Kier molecular flexibility index (Phi) is 5.38. The third-order valence-electron chi connectivity index (χ3n) is 4.29. The molecule has 1 aromatic heterocycles. The van der Waals surface area contributed by atoms with Crippen molar-refractivity contribution < 1.29 is 9.53 Å². The Balaban J connectivity index is 1.50. The minimum absolute atomic E-state index is 0.0570. The van der Waals surface area contributed by atoms with Crippen LogP contribution in [0, 0.1) is 0 Å². The summed E-state index contributed by atoms with van der Waals surface area (Å²) in [5, 5.41) is 0. The summed E-state index contributed by atoms with van der Waals surface area (Å²) < 4.78 is 5.05. The number of nitrogens with zero attached hydrogens (tertiary/aromatic N) is 4. The molecule has 1 saturated heterocycles. The van der Waals surface area contributed by atoms with Gasteiger partial charge in [-0.2, -0.15) is 0 Å². The second-order valence-electron chi connectivity index (χ2n) is 5.82. The van der Waals surface area contributed by atoms with E-state index in [2.05, 4.69) is 39.1 Å². The lowest BCUT2D eigenvalue weighted by molar-refractivity contribution is 0.0632. The third kappa shape index (κ3) is 4.08. The summed E-state index contributed by atoms with van der Waals surface area (Å²) in [7, 11) is 1.53. The Morgan fingerprint density at radius 2 is 1.88 bits per heavy atom. The molecule has 24 heavy (non-hydrogen) atoms. The molecule has 2 heterocycles. The van der Waals surface area contributed by atoms with Crippen LogP contribution >= 0.6 is 0 Å². The van der Waals surface area contributed by atoms with Gasteiger partial charge in [-0.15, -0.1) is 0 Å². The van der Waals surface area contributed by atoms with Gasteiger partial charge in [0.25, 0.3) is 5.91 Å². The van der Waals surface area contributed by atoms with Gasteiger partial charge < -0.3 is 9.64 Å². The molecule has 1 fully saturated rings. The van der Waals surface area contributed by atoms with Crippen LogP contribution in [0.5, 0.6) is 5.88 Å². The lowest BCUT2D eigenvalue weighted by Crippen LogP contribution is -2.49. The Morgan fingerprint density at radius 1 is 1.12 bits per heavy atom. The highest BCUT2D eigenvalue weighted by Crippen LogP contribution is 2.11. The van der Waals surface area contributed by atoms with Gasteiger partial charge in [-0.3, -0.25) is 9.69 Å². The van der Waals surface area contributed by atoms with Crippen LogP contribution < -0.4 is 4.74 Å². The average Bonchev–Trinajstić information content (AvgIpc) is 2.67. The van der Waals surface area contributed by atoms with E-state index in [0.29, 0.717) is 11.6 Å².